The summed E-state index contributed by atoms with van der Waals surface area (Å²) in [7, 11) is 0. The average Bonchev–Trinajstić information content (AvgIpc) is 3.44. The molecule has 190 valence electrons. The Labute approximate surface area is 224 Å². The number of likely N-dealkylation sites (tertiary alicyclic amines) is 1. The van der Waals surface area contributed by atoms with Crippen LogP contribution in [0.15, 0.2) is 52.8 Å². The lowest BCUT2D eigenvalue weighted by molar-refractivity contribution is -0.129. The fraction of sp³-hybridized carbons (Fsp3) is 0.444. The second-order valence-electron chi connectivity index (χ2n) is 10.9. The Bertz CT molecular complexity index is 1240. The molecule has 0 unspecified atom stereocenters. The zero-order chi connectivity index (χ0) is 26.3. The van der Waals surface area contributed by atoms with Gasteiger partial charge in [-0.25, -0.2) is 4.98 Å². The lowest BCUT2D eigenvalue weighted by Gasteiger charge is -2.39. The summed E-state index contributed by atoms with van der Waals surface area (Å²) in [4.78, 5) is 42.8. The highest BCUT2D eigenvalue weighted by Gasteiger charge is 2.59. The molecule has 2 N–H and O–H groups in total. The number of rotatable bonds is 6. The molecule has 3 aromatic rings. The van der Waals surface area contributed by atoms with Gasteiger partial charge in [-0.2, -0.15) is 0 Å². The molecule has 36 heavy (non-hydrogen) atoms. The number of carbonyl (C=O) groups excluding carboxylic acids is 2. The number of hydrogen-bond acceptors (Lipinski definition) is 6. The van der Waals surface area contributed by atoms with Crippen LogP contribution in [-0.4, -0.2) is 37.2 Å². The number of thiazole rings is 1. The predicted octanol–water partition coefficient (Wildman–Crippen LogP) is 5.63. The summed E-state index contributed by atoms with van der Waals surface area (Å²) in [5.41, 5.74) is 7.17. The number of hydrogen-bond donors (Lipinski definition) is 1. The summed E-state index contributed by atoms with van der Waals surface area (Å²) in [6.45, 7) is 10.4. The van der Waals surface area contributed by atoms with Gasteiger partial charge < -0.3 is 10.6 Å². The molecule has 1 aromatic carbocycles. The highest BCUT2D eigenvalue weighted by molar-refractivity contribution is 9.10. The lowest BCUT2D eigenvalue weighted by Crippen LogP contribution is -2.57. The minimum absolute atomic E-state index is 0.0941. The molecular formula is C27H32BrN5O2S. The number of benzene rings is 1. The van der Waals surface area contributed by atoms with Gasteiger partial charge in [0.25, 0.3) is 5.91 Å². The van der Waals surface area contributed by atoms with Gasteiger partial charge in [-0.3, -0.25) is 19.6 Å². The topological polar surface area (TPSA) is 102 Å². The maximum absolute atomic E-state index is 14.4. The van der Waals surface area contributed by atoms with Crippen LogP contribution >= 0.6 is 27.3 Å². The van der Waals surface area contributed by atoms with E-state index in [4.69, 9.17) is 5.73 Å². The number of nitrogens with two attached hydrogens (primary N) is 1. The lowest BCUT2D eigenvalue weighted by atomic mass is 9.82. The Morgan fingerprint density at radius 1 is 1.22 bits per heavy atom. The van der Waals surface area contributed by atoms with Crippen molar-refractivity contribution in [1.29, 1.82) is 0 Å². The van der Waals surface area contributed by atoms with Gasteiger partial charge in [-0.15, -0.1) is 11.3 Å². The van der Waals surface area contributed by atoms with Crippen LogP contribution in [0.2, 0.25) is 0 Å². The summed E-state index contributed by atoms with van der Waals surface area (Å²) < 4.78 is 0.852. The fourth-order valence-electron chi connectivity index (χ4n) is 5.34. The third-order valence-electron chi connectivity index (χ3n) is 6.79. The van der Waals surface area contributed by atoms with E-state index in [0.717, 1.165) is 15.0 Å². The van der Waals surface area contributed by atoms with Gasteiger partial charge in [-0.1, -0.05) is 56.6 Å². The van der Waals surface area contributed by atoms with E-state index in [9.17, 15) is 9.59 Å². The summed E-state index contributed by atoms with van der Waals surface area (Å²) in [6.07, 6.45) is 7.47. The smallest absolute Gasteiger partial charge is 0.255 e. The Kier molecular flexibility index (Phi) is 7.35. The third-order valence-corrected chi connectivity index (χ3v) is 8.30. The van der Waals surface area contributed by atoms with Crippen LogP contribution in [0, 0.1) is 5.92 Å². The molecule has 0 radical (unpaired) electrons. The van der Waals surface area contributed by atoms with Gasteiger partial charge in [0.1, 0.15) is 10.5 Å². The Morgan fingerprint density at radius 3 is 2.50 bits per heavy atom. The first-order valence-electron chi connectivity index (χ1n) is 12.0. The summed E-state index contributed by atoms with van der Waals surface area (Å²) in [6, 6.07) is 5.16. The number of aromatic nitrogens is 3. The molecule has 9 heteroatoms. The molecule has 0 saturated carbocycles. The minimum atomic E-state index is -1.20. The Balaban J connectivity index is 1.91. The van der Waals surface area contributed by atoms with E-state index in [1.54, 1.807) is 29.7 Å². The number of primary amides is 1. The highest BCUT2D eigenvalue weighted by atomic mass is 79.9. The van der Waals surface area contributed by atoms with Crippen LogP contribution in [0.25, 0.3) is 0 Å². The Hall–Kier alpha value is -2.65. The van der Waals surface area contributed by atoms with Crippen LogP contribution in [0.3, 0.4) is 0 Å². The van der Waals surface area contributed by atoms with Crippen molar-refractivity contribution in [2.24, 2.45) is 11.7 Å². The second-order valence-corrected chi connectivity index (χ2v) is 12.7. The van der Waals surface area contributed by atoms with Gasteiger partial charge in [0.05, 0.1) is 11.7 Å². The number of halogens is 1. The molecule has 0 bridgehead atoms. The van der Waals surface area contributed by atoms with Gasteiger partial charge in [0.2, 0.25) is 5.91 Å². The van der Waals surface area contributed by atoms with Crippen molar-refractivity contribution in [2.75, 3.05) is 0 Å². The molecule has 1 saturated heterocycles. The van der Waals surface area contributed by atoms with Crippen LogP contribution in [0.1, 0.15) is 86.0 Å². The number of carbonyl (C=O) groups is 2. The molecule has 7 nitrogen and oxygen atoms in total. The molecule has 0 spiro atoms. The van der Waals surface area contributed by atoms with Crippen molar-refractivity contribution in [1.82, 2.24) is 19.9 Å². The van der Waals surface area contributed by atoms with Crippen molar-refractivity contribution in [2.45, 2.75) is 70.4 Å². The largest absolute Gasteiger partial charge is 0.368 e. The summed E-state index contributed by atoms with van der Waals surface area (Å²) in [5.74, 6) is -0.914. The molecule has 0 aliphatic carbocycles. The van der Waals surface area contributed by atoms with E-state index in [1.807, 2.05) is 37.4 Å². The first kappa shape index (κ1) is 26.4. The van der Waals surface area contributed by atoms with E-state index in [0.29, 0.717) is 24.1 Å². The molecule has 2 amide bonds. The molecule has 1 aliphatic rings. The van der Waals surface area contributed by atoms with Crippen LogP contribution < -0.4 is 5.73 Å². The van der Waals surface area contributed by atoms with Crippen molar-refractivity contribution in [3.8, 4) is 0 Å². The standard InChI is InChI=1S/C27H32BrN5O2S/c1-16(2)13-27(25(29)35)14-18(21-15-30-8-9-31-21)22(23-32-10-11-36-23)33(27)24(34)17-6-7-19(20(28)12-17)26(3,4)5/h6-12,15-16,18,22H,13-14H2,1-5H3,(H2,29,35)/t18-,22-,27+/m1/s1. The van der Waals surface area contributed by atoms with Gasteiger partial charge in [0.15, 0.2) is 0 Å². The first-order chi connectivity index (χ1) is 17.0. The van der Waals surface area contributed by atoms with E-state index in [-0.39, 0.29) is 23.2 Å². The quantitative estimate of drug-likeness (QED) is 0.414. The molecule has 4 rings (SSSR count). The summed E-state index contributed by atoms with van der Waals surface area (Å²) in [5, 5.41) is 2.63. The third kappa shape index (κ3) is 4.83. The normalized spacial score (nSPS) is 22.2. The first-order valence-corrected chi connectivity index (χ1v) is 13.7. The molecule has 3 heterocycles. The van der Waals surface area contributed by atoms with Gasteiger partial charge in [-0.05, 0) is 41.9 Å². The van der Waals surface area contributed by atoms with Crippen molar-refractivity contribution in [3.05, 3.63) is 74.7 Å². The van der Waals surface area contributed by atoms with E-state index in [1.165, 1.54) is 11.3 Å². The van der Waals surface area contributed by atoms with Gasteiger partial charge >= 0.3 is 0 Å². The monoisotopic (exact) mass is 569 g/mol. The van der Waals surface area contributed by atoms with E-state index < -0.39 is 17.5 Å². The van der Waals surface area contributed by atoms with E-state index >= 15 is 0 Å². The van der Waals surface area contributed by atoms with Gasteiger partial charge in [0, 0.05) is 46.1 Å². The maximum atomic E-state index is 14.4. The van der Waals surface area contributed by atoms with Crippen LogP contribution in [0.5, 0.6) is 0 Å². The molecule has 3 atom stereocenters. The summed E-state index contributed by atoms with van der Waals surface area (Å²) >= 11 is 5.13. The van der Waals surface area contributed by atoms with Crippen molar-refractivity contribution >= 4 is 39.1 Å². The van der Waals surface area contributed by atoms with Crippen molar-refractivity contribution < 1.29 is 9.59 Å². The number of amides is 2. The maximum Gasteiger partial charge on any atom is 0.255 e. The highest BCUT2D eigenvalue weighted by Crippen LogP contribution is 2.54. The van der Waals surface area contributed by atoms with E-state index in [2.05, 4.69) is 51.7 Å². The molecule has 1 aliphatic heterocycles. The van der Waals surface area contributed by atoms with Crippen LogP contribution in [0.4, 0.5) is 0 Å². The molecular weight excluding hydrogens is 538 g/mol. The SMILES string of the molecule is CC(C)C[C@@]1(C(N)=O)C[C@H](c2cnccn2)[C@H](c2nccs2)N1C(=O)c1ccc(C(C)(C)C)c(Br)c1. The fourth-order valence-corrected chi connectivity index (χ4v) is 7.11. The minimum Gasteiger partial charge on any atom is -0.368 e. The Morgan fingerprint density at radius 2 is 1.97 bits per heavy atom. The van der Waals surface area contributed by atoms with Crippen molar-refractivity contribution in [3.63, 3.8) is 0 Å². The molecule has 2 aromatic heterocycles. The molecule has 1 fully saturated rings. The number of nitrogens with zero attached hydrogens (tertiary/aromatic N) is 4. The average molecular weight is 571 g/mol. The zero-order valence-corrected chi connectivity index (χ0v) is 23.6. The second kappa shape index (κ2) is 10.0. The van der Waals surface area contributed by atoms with Crippen LogP contribution in [-0.2, 0) is 10.2 Å². The zero-order valence-electron chi connectivity index (χ0n) is 21.2. The predicted molar refractivity (Wildman–Crippen MR) is 145 cm³/mol.